The van der Waals surface area contributed by atoms with Crippen LogP contribution in [-0.2, 0) is 0 Å². The number of benzene rings is 1. The van der Waals surface area contributed by atoms with Gasteiger partial charge in [0, 0.05) is 0 Å². The minimum atomic E-state index is -0.580. The van der Waals surface area contributed by atoms with E-state index < -0.39 is 11.2 Å². The number of fused-ring (bicyclic) bond motifs is 1. The van der Waals surface area contributed by atoms with E-state index >= 15 is 0 Å². The van der Waals surface area contributed by atoms with E-state index in [1.54, 1.807) is 12.1 Å². The summed E-state index contributed by atoms with van der Waals surface area (Å²) in [5.74, 6) is 0.798. The molecule has 84 valence electrons. The molecule has 16 heavy (non-hydrogen) atoms. The van der Waals surface area contributed by atoms with Crippen molar-refractivity contribution in [3.05, 3.63) is 33.0 Å². The van der Waals surface area contributed by atoms with Gasteiger partial charge < -0.3 is 14.5 Å². The molecule has 1 heterocycles. The Morgan fingerprint density at radius 3 is 2.25 bits per heavy atom. The van der Waals surface area contributed by atoms with Crippen LogP contribution in [0.25, 0.3) is 10.9 Å². The average molecular weight is 222 g/mol. The first-order chi connectivity index (χ1) is 7.67. The van der Waals surface area contributed by atoms with Crippen LogP contribution in [0.5, 0.6) is 11.5 Å². The molecule has 1 aromatic heterocycles. The Hall–Kier alpha value is -2.24. The summed E-state index contributed by atoms with van der Waals surface area (Å²) in [5, 5.41) is 0.265. The lowest BCUT2D eigenvalue weighted by molar-refractivity contribution is 0.409. The van der Waals surface area contributed by atoms with Gasteiger partial charge in [-0.3, -0.25) is 9.78 Å². The molecule has 2 N–H and O–H groups in total. The second kappa shape index (κ2) is 3.73. The second-order valence-corrected chi connectivity index (χ2v) is 3.13. The molecular weight excluding hydrogens is 212 g/mol. The number of aromatic nitrogens is 2. The molecule has 0 aliphatic heterocycles. The lowest BCUT2D eigenvalue weighted by Gasteiger charge is -2.07. The summed E-state index contributed by atoms with van der Waals surface area (Å²) in [7, 11) is 2.91. The average Bonchev–Trinajstić information content (AvgIpc) is 2.27. The molecule has 2 rings (SSSR count). The zero-order valence-corrected chi connectivity index (χ0v) is 8.79. The van der Waals surface area contributed by atoms with Crippen molar-refractivity contribution in [2.45, 2.75) is 0 Å². The third kappa shape index (κ3) is 1.44. The van der Waals surface area contributed by atoms with Gasteiger partial charge >= 0.3 is 5.69 Å². The topological polar surface area (TPSA) is 84.2 Å². The van der Waals surface area contributed by atoms with Gasteiger partial charge in [-0.25, -0.2) is 4.79 Å². The van der Waals surface area contributed by atoms with E-state index in [4.69, 9.17) is 9.47 Å². The normalized spacial score (nSPS) is 10.4. The number of methoxy groups -OCH3 is 2. The maximum absolute atomic E-state index is 11.6. The first-order valence-corrected chi connectivity index (χ1v) is 4.54. The maximum atomic E-state index is 11.6. The molecule has 0 atom stereocenters. The van der Waals surface area contributed by atoms with Crippen molar-refractivity contribution in [1.82, 2.24) is 9.97 Å². The minimum Gasteiger partial charge on any atom is -0.496 e. The van der Waals surface area contributed by atoms with Gasteiger partial charge in [0.1, 0.15) is 22.4 Å². The van der Waals surface area contributed by atoms with Crippen molar-refractivity contribution in [3.63, 3.8) is 0 Å². The summed E-state index contributed by atoms with van der Waals surface area (Å²) in [4.78, 5) is 27.4. The van der Waals surface area contributed by atoms with E-state index in [2.05, 4.69) is 9.97 Å². The fourth-order valence-electron chi connectivity index (χ4n) is 1.56. The number of ether oxygens (including phenoxy) is 2. The van der Waals surface area contributed by atoms with E-state index in [0.29, 0.717) is 17.0 Å². The zero-order valence-electron chi connectivity index (χ0n) is 8.79. The summed E-state index contributed by atoms with van der Waals surface area (Å²) in [6, 6.07) is 3.23. The van der Waals surface area contributed by atoms with Crippen LogP contribution in [0, 0.1) is 0 Å². The molecule has 0 amide bonds. The Morgan fingerprint density at radius 2 is 1.62 bits per heavy atom. The molecule has 6 nitrogen and oxygen atoms in total. The quantitative estimate of drug-likeness (QED) is 0.762. The van der Waals surface area contributed by atoms with Gasteiger partial charge in [0.2, 0.25) is 0 Å². The summed E-state index contributed by atoms with van der Waals surface area (Å²) >= 11 is 0. The van der Waals surface area contributed by atoms with Crippen LogP contribution in [0.2, 0.25) is 0 Å². The number of H-pyrrole nitrogens is 2. The number of hydrogen-bond acceptors (Lipinski definition) is 4. The molecule has 0 bridgehead atoms. The Bertz CT molecular complexity index is 641. The highest BCUT2D eigenvalue weighted by Gasteiger charge is 2.11. The van der Waals surface area contributed by atoms with E-state index in [9.17, 15) is 9.59 Å². The fraction of sp³-hybridized carbons (Fsp3) is 0.200. The predicted molar refractivity (Wildman–Crippen MR) is 58.3 cm³/mol. The highest BCUT2D eigenvalue weighted by atomic mass is 16.5. The van der Waals surface area contributed by atoms with Gasteiger partial charge in [-0.1, -0.05) is 0 Å². The predicted octanol–water partition coefficient (Wildman–Crippen LogP) is 0.234. The Kier molecular flexibility index (Phi) is 2.40. The third-order valence-electron chi connectivity index (χ3n) is 2.26. The van der Waals surface area contributed by atoms with Gasteiger partial charge in [0.25, 0.3) is 5.56 Å². The fourth-order valence-corrected chi connectivity index (χ4v) is 1.56. The van der Waals surface area contributed by atoms with E-state index in [0.717, 1.165) is 0 Å². The molecule has 1 aromatic carbocycles. The van der Waals surface area contributed by atoms with Crippen LogP contribution in [-0.4, -0.2) is 24.2 Å². The molecule has 0 saturated carbocycles. The van der Waals surface area contributed by atoms with E-state index in [-0.39, 0.29) is 5.39 Å². The number of rotatable bonds is 2. The van der Waals surface area contributed by atoms with Gasteiger partial charge in [-0.2, -0.15) is 0 Å². The smallest absolute Gasteiger partial charge is 0.326 e. The van der Waals surface area contributed by atoms with Crippen LogP contribution in [0.15, 0.2) is 21.7 Å². The lowest BCUT2D eigenvalue weighted by Crippen LogP contribution is -2.22. The van der Waals surface area contributed by atoms with Crippen LogP contribution >= 0.6 is 0 Å². The van der Waals surface area contributed by atoms with Gasteiger partial charge in [-0.05, 0) is 12.1 Å². The van der Waals surface area contributed by atoms with Crippen LogP contribution in [0.3, 0.4) is 0 Å². The van der Waals surface area contributed by atoms with Crippen LogP contribution in [0.4, 0.5) is 0 Å². The number of aromatic amines is 2. The molecule has 0 radical (unpaired) electrons. The van der Waals surface area contributed by atoms with Crippen molar-refractivity contribution >= 4 is 10.9 Å². The molecule has 0 aliphatic rings. The molecule has 0 spiro atoms. The lowest BCUT2D eigenvalue weighted by atomic mass is 10.2. The Labute approximate surface area is 89.8 Å². The van der Waals surface area contributed by atoms with Crippen molar-refractivity contribution < 1.29 is 9.47 Å². The molecule has 0 saturated heterocycles. The van der Waals surface area contributed by atoms with E-state index in [1.807, 2.05) is 0 Å². The summed E-state index contributed by atoms with van der Waals surface area (Å²) in [6.07, 6.45) is 0. The Morgan fingerprint density at radius 1 is 1.00 bits per heavy atom. The van der Waals surface area contributed by atoms with Crippen molar-refractivity contribution in [3.8, 4) is 11.5 Å². The molecule has 0 aliphatic carbocycles. The third-order valence-corrected chi connectivity index (χ3v) is 2.26. The van der Waals surface area contributed by atoms with Crippen LogP contribution in [0.1, 0.15) is 0 Å². The molecule has 6 heteroatoms. The SMILES string of the molecule is COc1ccc(OC)c2c(=O)[nH]c(=O)[nH]c12. The standard InChI is InChI=1S/C10H10N2O4/c1-15-5-3-4-6(16-2)8-7(5)9(13)12-10(14)11-8/h3-4H,1-2H3,(H2,11,12,13,14). The summed E-state index contributed by atoms with van der Waals surface area (Å²) in [6.45, 7) is 0. The highest BCUT2D eigenvalue weighted by molar-refractivity contribution is 5.89. The van der Waals surface area contributed by atoms with Crippen molar-refractivity contribution in [1.29, 1.82) is 0 Å². The molecular formula is C10H10N2O4. The van der Waals surface area contributed by atoms with Crippen molar-refractivity contribution in [2.75, 3.05) is 14.2 Å². The monoisotopic (exact) mass is 222 g/mol. The summed E-state index contributed by atoms with van der Waals surface area (Å²) in [5.41, 5.74) is -0.755. The maximum Gasteiger partial charge on any atom is 0.326 e. The molecule has 0 unspecified atom stereocenters. The van der Waals surface area contributed by atoms with Crippen LogP contribution < -0.4 is 20.7 Å². The zero-order chi connectivity index (χ0) is 11.7. The Balaban J connectivity index is 3.02. The number of hydrogen-bond donors (Lipinski definition) is 2. The first kappa shape index (κ1) is 10.3. The van der Waals surface area contributed by atoms with E-state index in [1.165, 1.54) is 14.2 Å². The molecule has 2 aromatic rings. The first-order valence-electron chi connectivity index (χ1n) is 4.54. The second-order valence-electron chi connectivity index (χ2n) is 3.13. The number of nitrogens with one attached hydrogen (secondary N) is 2. The highest BCUT2D eigenvalue weighted by Crippen LogP contribution is 2.27. The van der Waals surface area contributed by atoms with Gasteiger partial charge in [0.15, 0.2) is 0 Å². The summed E-state index contributed by atoms with van der Waals surface area (Å²) < 4.78 is 10.1. The minimum absolute atomic E-state index is 0.265. The van der Waals surface area contributed by atoms with Gasteiger partial charge in [0.05, 0.1) is 14.2 Å². The van der Waals surface area contributed by atoms with Crippen molar-refractivity contribution in [2.24, 2.45) is 0 Å². The molecule has 0 fully saturated rings. The largest absolute Gasteiger partial charge is 0.496 e. The van der Waals surface area contributed by atoms with Gasteiger partial charge in [-0.15, -0.1) is 0 Å².